The van der Waals surface area contributed by atoms with Crippen molar-refractivity contribution in [1.29, 1.82) is 0 Å². The SMILES string of the molecule is CC1(C)CS(=O)CC(c2ccccc2Br)N1. The Balaban J connectivity index is 2.28. The summed E-state index contributed by atoms with van der Waals surface area (Å²) < 4.78 is 12.9. The molecule has 0 saturated carbocycles. The zero-order valence-electron chi connectivity index (χ0n) is 9.50. The number of halogens is 1. The van der Waals surface area contributed by atoms with Crippen LogP contribution in [0.5, 0.6) is 0 Å². The van der Waals surface area contributed by atoms with Crippen molar-refractivity contribution in [3.8, 4) is 0 Å². The fourth-order valence-corrected chi connectivity index (χ4v) is 4.33. The molecule has 0 aliphatic carbocycles. The average molecular weight is 302 g/mol. The molecule has 1 aromatic carbocycles. The Hall–Kier alpha value is -0.190. The van der Waals surface area contributed by atoms with Gasteiger partial charge in [-0.15, -0.1) is 0 Å². The lowest BCUT2D eigenvalue weighted by atomic mass is 10.0. The van der Waals surface area contributed by atoms with Crippen LogP contribution in [-0.2, 0) is 10.8 Å². The number of rotatable bonds is 1. The van der Waals surface area contributed by atoms with Gasteiger partial charge in [0.15, 0.2) is 0 Å². The predicted molar refractivity (Wildman–Crippen MR) is 72.0 cm³/mol. The summed E-state index contributed by atoms with van der Waals surface area (Å²) in [6.45, 7) is 4.21. The van der Waals surface area contributed by atoms with Crippen LogP contribution in [0.3, 0.4) is 0 Å². The van der Waals surface area contributed by atoms with Gasteiger partial charge in [0.2, 0.25) is 0 Å². The number of hydrogen-bond acceptors (Lipinski definition) is 2. The van der Waals surface area contributed by atoms with E-state index in [0.717, 1.165) is 10.2 Å². The smallest absolute Gasteiger partial charge is 0.0452 e. The molecule has 1 N–H and O–H groups in total. The van der Waals surface area contributed by atoms with Crippen molar-refractivity contribution in [1.82, 2.24) is 5.32 Å². The lowest BCUT2D eigenvalue weighted by molar-refractivity contribution is 0.368. The minimum absolute atomic E-state index is 0.0525. The molecule has 2 unspecified atom stereocenters. The van der Waals surface area contributed by atoms with Gasteiger partial charge in [-0.25, -0.2) is 0 Å². The first-order valence-corrected chi connectivity index (χ1v) is 7.63. The van der Waals surface area contributed by atoms with Gasteiger partial charge in [0.25, 0.3) is 0 Å². The molecule has 0 spiro atoms. The van der Waals surface area contributed by atoms with Crippen molar-refractivity contribution in [2.45, 2.75) is 25.4 Å². The van der Waals surface area contributed by atoms with Crippen molar-refractivity contribution in [3.05, 3.63) is 34.3 Å². The van der Waals surface area contributed by atoms with E-state index >= 15 is 0 Å². The normalized spacial score (nSPS) is 28.9. The summed E-state index contributed by atoms with van der Waals surface area (Å²) in [5.41, 5.74) is 1.15. The average Bonchev–Trinajstić information content (AvgIpc) is 2.15. The first kappa shape index (κ1) is 12.3. The lowest BCUT2D eigenvalue weighted by Gasteiger charge is -2.37. The fraction of sp³-hybridized carbons (Fsp3) is 0.500. The van der Waals surface area contributed by atoms with Gasteiger partial charge >= 0.3 is 0 Å². The summed E-state index contributed by atoms with van der Waals surface area (Å²) in [5, 5.41) is 3.56. The van der Waals surface area contributed by atoms with E-state index in [1.165, 1.54) is 5.56 Å². The van der Waals surface area contributed by atoms with Gasteiger partial charge in [-0.05, 0) is 25.5 Å². The summed E-state index contributed by atoms with van der Waals surface area (Å²) >= 11 is 3.55. The van der Waals surface area contributed by atoms with Gasteiger partial charge in [-0.1, -0.05) is 34.1 Å². The van der Waals surface area contributed by atoms with Gasteiger partial charge in [-0.2, -0.15) is 0 Å². The molecule has 2 nitrogen and oxygen atoms in total. The molecular weight excluding hydrogens is 286 g/mol. The van der Waals surface area contributed by atoms with Crippen molar-refractivity contribution in [2.24, 2.45) is 0 Å². The highest BCUT2D eigenvalue weighted by atomic mass is 79.9. The van der Waals surface area contributed by atoms with E-state index in [4.69, 9.17) is 0 Å². The number of hydrogen-bond donors (Lipinski definition) is 1. The quantitative estimate of drug-likeness (QED) is 0.864. The molecule has 16 heavy (non-hydrogen) atoms. The highest BCUT2D eigenvalue weighted by Crippen LogP contribution is 2.28. The van der Waals surface area contributed by atoms with Crippen LogP contribution in [-0.4, -0.2) is 21.3 Å². The zero-order valence-corrected chi connectivity index (χ0v) is 11.9. The molecule has 88 valence electrons. The van der Waals surface area contributed by atoms with E-state index in [2.05, 4.69) is 41.2 Å². The summed E-state index contributed by atoms with van der Waals surface area (Å²) in [4.78, 5) is 0. The zero-order chi connectivity index (χ0) is 11.8. The Labute approximate surface area is 107 Å². The molecule has 0 amide bonds. The molecule has 1 aliphatic rings. The lowest BCUT2D eigenvalue weighted by Crippen LogP contribution is -2.52. The largest absolute Gasteiger partial charge is 0.303 e. The van der Waals surface area contributed by atoms with Crippen LogP contribution in [0.1, 0.15) is 25.5 Å². The van der Waals surface area contributed by atoms with E-state index in [9.17, 15) is 4.21 Å². The molecular formula is C12H16BrNOS. The van der Waals surface area contributed by atoms with E-state index in [1.807, 2.05) is 18.2 Å². The highest BCUT2D eigenvalue weighted by molar-refractivity contribution is 9.10. The molecule has 2 rings (SSSR count). The van der Waals surface area contributed by atoms with Crippen LogP contribution < -0.4 is 5.32 Å². The van der Waals surface area contributed by atoms with Crippen molar-refractivity contribution >= 4 is 26.7 Å². The Morgan fingerprint density at radius 1 is 1.44 bits per heavy atom. The summed E-state index contributed by atoms with van der Waals surface area (Å²) in [7, 11) is -0.732. The standard InChI is InChI=1S/C12H16BrNOS/c1-12(2)8-16(15)7-11(14-12)9-5-3-4-6-10(9)13/h3-6,11,14H,7-8H2,1-2H3. The molecule has 1 saturated heterocycles. The van der Waals surface area contributed by atoms with Gasteiger partial charge in [0, 0.05) is 38.4 Å². The maximum Gasteiger partial charge on any atom is 0.0452 e. The van der Waals surface area contributed by atoms with Gasteiger partial charge in [0.05, 0.1) is 0 Å². The highest BCUT2D eigenvalue weighted by Gasteiger charge is 2.32. The summed E-state index contributed by atoms with van der Waals surface area (Å²) in [5.74, 6) is 1.43. The first-order chi connectivity index (χ1) is 7.48. The van der Waals surface area contributed by atoms with Crippen LogP contribution in [0.15, 0.2) is 28.7 Å². The third kappa shape index (κ3) is 2.73. The second-order valence-electron chi connectivity index (χ2n) is 4.85. The molecule has 0 aromatic heterocycles. The van der Waals surface area contributed by atoms with Crippen LogP contribution >= 0.6 is 15.9 Å². The second-order valence-corrected chi connectivity index (χ2v) is 7.21. The third-order valence-electron chi connectivity index (χ3n) is 2.72. The Morgan fingerprint density at radius 3 is 2.75 bits per heavy atom. The Bertz CT molecular complexity index is 419. The van der Waals surface area contributed by atoms with E-state index < -0.39 is 10.8 Å². The third-order valence-corrected chi connectivity index (χ3v) is 5.19. The first-order valence-electron chi connectivity index (χ1n) is 5.35. The maximum atomic E-state index is 11.8. The monoisotopic (exact) mass is 301 g/mol. The second kappa shape index (κ2) is 4.59. The van der Waals surface area contributed by atoms with Gasteiger partial charge in [-0.3, -0.25) is 4.21 Å². The topological polar surface area (TPSA) is 29.1 Å². The van der Waals surface area contributed by atoms with Crippen molar-refractivity contribution in [2.75, 3.05) is 11.5 Å². The fourth-order valence-electron chi connectivity index (χ4n) is 2.13. The van der Waals surface area contributed by atoms with Gasteiger partial charge < -0.3 is 5.32 Å². The summed E-state index contributed by atoms with van der Waals surface area (Å²) in [6.07, 6.45) is 0. The van der Waals surface area contributed by atoms with Crippen LogP contribution in [0.25, 0.3) is 0 Å². The minimum Gasteiger partial charge on any atom is -0.303 e. The van der Waals surface area contributed by atoms with Crippen LogP contribution in [0, 0.1) is 0 Å². The van der Waals surface area contributed by atoms with Gasteiger partial charge in [0.1, 0.15) is 0 Å². The molecule has 0 radical (unpaired) electrons. The van der Waals surface area contributed by atoms with E-state index in [1.54, 1.807) is 0 Å². The molecule has 1 fully saturated rings. The molecule has 1 aromatic rings. The van der Waals surface area contributed by atoms with Crippen molar-refractivity contribution in [3.63, 3.8) is 0 Å². The number of nitrogens with one attached hydrogen (secondary N) is 1. The van der Waals surface area contributed by atoms with Crippen LogP contribution in [0.2, 0.25) is 0 Å². The molecule has 0 bridgehead atoms. The number of benzene rings is 1. The summed E-state index contributed by atoms with van der Waals surface area (Å²) in [6, 6.07) is 8.31. The maximum absolute atomic E-state index is 11.8. The van der Waals surface area contributed by atoms with E-state index in [-0.39, 0.29) is 11.6 Å². The molecule has 1 aliphatic heterocycles. The van der Waals surface area contributed by atoms with E-state index in [0.29, 0.717) is 5.75 Å². The molecule has 2 atom stereocenters. The molecule has 4 heteroatoms. The minimum atomic E-state index is -0.732. The van der Waals surface area contributed by atoms with Crippen LogP contribution in [0.4, 0.5) is 0 Å². The Kier molecular flexibility index (Phi) is 3.52. The van der Waals surface area contributed by atoms with Crippen molar-refractivity contribution < 1.29 is 4.21 Å². The molecule has 1 heterocycles. The predicted octanol–water partition coefficient (Wildman–Crippen LogP) is 2.62. The Morgan fingerprint density at radius 2 is 2.12 bits per heavy atom.